The first-order valence-electron chi connectivity index (χ1n) is 6.19. The van der Waals surface area contributed by atoms with Crippen molar-refractivity contribution < 1.29 is 9.72 Å². The van der Waals surface area contributed by atoms with E-state index in [4.69, 9.17) is 40.5 Å². The van der Waals surface area contributed by atoms with Crippen molar-refractivity contribution in [1.82, 2.24) is 10.4 Å². The molecule has 24 heavy (non-hydrogen) atoms. The van der Waals surface area contributed by atoms with Gasteiger partial charge in [-0.3, -0.25) is 14.9 Å². The highest BCUT2D eigenvalue weighted by molar-refractivity contribution is 6.46. The summed E-state index contributed by atoms with van der Waals surface area (Å²) in [7, 11) is 0. The number of nitro groups is 1. The van der Waals surface area contributed by atoms with Gasteiger partial charge in [-0.2, -0.15) is 5.10 Å². The number of rotatable bonds is 4. The van der Waals surface area contributed by atoms with Crippen LogP contribution in [0.1, 0.15) is 16.1 Å². The van der Waals surface area contributed by atoms with Gasteiger partial charge < -0.3 is 5.73 Å². The van der Waals surface area contributed by atoms with Crippen molar-refractivity contribution in [2.75, 3.05) is 5.73 Å². The number of halogens is 3. The Morgan fingerprint density at radius 3 is 2.62 bits per heavy atom. The van der Waals surface area contributed by atoms with E-state index in [9.17, 15) is 14.9 Å². The molecule has 0 fully saturated rings. The van der Waals surface area contributed by atoms with Gasteiger partial charge in [0, 0.05) is 6.07 Å². The lowest BCUT2D eigenvalue weighted by Gasteiger charge is -2.07. The van der Waals surface area contributed by atoms with Crippen LogP contribution in [0, 0.1) is 10.1 Å². The summed E-state index contributed by atoms with van der Waals surface area (Å²) in [5, 5.41) is 14.1. The van der Waals surface area contributed by atoms with Gasteiger partial charge in [0.25, 0.3) is 11.6 Å². The molecule has 0 aliphatic heterocycles. The predicted octanol–water partition coefficient (Wildman–Crippen LogP) is 3.30. The number of carbonyl (C=O) groups is 1. The Kier molecular flexibility index (Phi) is 5.55. The fourth-order valence-corrected chi connectivity index (χ4v) is 2.25. The summed E-state index contributed by atoms with van der Waals surface area (Å²) in [5.41, 5.74) is 7.42. The normalized spacial score (nSPS) is 10.8. The molecular weight excluding hydrogens is 381 g/mol. The largest absolute Gasteiger partial charge is 0.396 e. The van der Waals surface area contributed by atoms with Crippen molar-refractivity contribution in [2.45, 2.75) is 0 Å². The van der Waals surface area contributed by atoms with Gasteiger partial charge in [0.15, 0.2) is 10.8 Å². The van der Waals surface area contributed by atoms with Crippen molar-refractivity contribution in [3.63, 3.8) is 0 Å². The van der Waals surface area contributed by atoms with Gasteiger partial charge in [0.1, 0.15) is 5.02 Å². The van der Waals surface area contributed by atoms with Crippen LogP contribution in [0.5, 0.6) is 0 Å². The molecule has 1 amide bonds. The molecule has 8 nitrogen and oxygen atoms in total. The topological polar surface area (TPSA) is 124 Å². The number of anilines is 1. The number of benzene rings is 1. The molecule has 0 bridgehead atoms. The molecule has 1 aromatic carbocycles. The van der Waals surface area contributed by atoms with E-state index in [1.165, 1.54) is 18.2 Å². The molecule has 124 valence electrons. The minimum Gasteiger partial charge on any atom is -0.396 e. The molecule has 0 saturated heterocycles. The van der Waals surface area contributed by atoms with Crippen LogP contribution in [0.2, 0.25) is 15.2 Å². The number of hydrogen-bond donors (Lipinski definition) is 2. The summed E-state index contributed by atoms with van der Waals surface area (Å²) in [6.45, 7) is 0. The van der Waals surface area contributed by atoms with Gasteiger partial charge in [0.2, 0.25) is 0 Å². The lowest BCUT2D eigenvalue weighted by Crippen LogP contribution is -2.20. The number of nitrogens with two attached hydrogens (primary N) is 1. The van der Waals surface area contributed by atoms with Gasteiger partial charge in [-0.1, -0.05) is 46.9 Å². The van der Waals surface area contributed by atoms with Crippen LogP contribution in [0.25, 0.3) is 0 Å². The molecule has 0 saturated carbocycles. The molecular formula is C13H8Cl3N5O3. The molecule has 1 aromatic heterocycles. The number of hydrogen-bond acceptors (Lipinski definition) is 6. The number of nitrogens with zero attached hydrogens (tertiary/aromatic N) is 3. The molecule has 0 aliphatic carbocycles. The number of hydrazone groups is 1. The summed E-state index contributed by atoms with van der Waals surface area (Å²) in [4.78, 5) is 26.1. The third-order valence-electron chi connectivity index (χ3n) is 2.79. The number of amides is 1. The highest BCUT2D eigenvalue weighted by Gasteiger charge is 2.19. The summed E-state index contributed by atoms with van der Waals surface area (Å²) < 4.78 is 0. The molecule has 11 heteroatoms. The Hall–Kier alpha value is -2.42. The average molecular weight is 389 g/mol. The van der Waals surface area contributed by atoms with Gasteiger partial charge in [-0.25, -0.2) is 10.4 Å². The van der Waals surface area contributed by atoms with Crippen molar-refractivity contribution >= 4 is 58.3 Å². The second kappa shape index (κ2) is 7.43. The Bertz CT molecular complexity index is 857. The van der Waals surface area contributed by atoms with E-state index in [0.29, 0.717) is 0 Å². The average Bonchev–Trinajstić information content (AvgIpc) is 2.56. The van der Waals surface area contributed by atoms with Crippen LogP contribution < -0.4 is 11.2 Å². The van der Waals surface area contributed by atoms with Gasteiger partial charge in [-0.05, 0) is 6.07 Å². The van der Waals surface area contributed by atoms with Crippen molar-refractivity contribution in [2.24, 2.45) is 5.10 Å². The Labute approximate surface area is 150 Å². The second-order valence-corrected chi connectivity index (χ2v) is 5.42. The molecule has 3 N–H and O–H groups in total. The van der Waals surface area contributed by atoms with Crippen molar-refractivity contribution in [3.05, 3.63) is 60.8 Å². The predicted molar refractivity (Wildman–Crippen MR) is 91.8 cm³/mol. The maximum absolute atomic E-state index is 12.0. The molecule has 1 heterocycles. The fraction of sp³-hybridized carbons (Fsp3) is 0. The first-order valence-corrected chi connectivity index (χ1v) is 7.33. The van der Waals surface area contributed by atoms with E-state index in [-0.39, 0.29) is 37.8 Å². The summed E-state index contributed by atoms with van der Waals surface area (Å²) in [6.07, 6.45) is 1.12. The van der Waals surface area contributed by atoms with Gasteiger partial charge in [-0.15, -0.1) is 0 Å². The van der Waals surface area contributed by atoms with Crippen LogP contribution in [-0.4, -0.2) is 22.0 Å². The molecule has 2 rings (SSSR count). The zero-order valence-corrected chi connectivity index (χ0v) is 13.9. The zero-order chi connectivity index (χ0) is 17.9. The zero-order valence-electron chi connectivity index (χ0n) is 11.7. The smallest absolute Gasteiger partial charge is 0.291 e. The van der Waals surface area contributed by atoms with Crippen molar-refractivity contribution in [1.29, 1.82) is 0 Å². The number of pyridine rings is 1. The minimum atomic E-state index is -0.805. The van der Waals surface area contributed by atoms with Crippen LogP contribution in [0.4, 0.5) is 11.4 Å². The van der Waals surface area contributed by atoms with E-state index in [2.05, 4.69) is 15.5 Å². The van der Waals surface area contributed by atoms with E-state index < -0.39 is 10.8 Å². The molecule has 2 aromatic rings. The first-order chi connectivity index (χ1) is 11.3. The second-order valence-electron chi connectivity index (χ2n) is 4.31. The van der Waals surface area contributed by atoms with Crippen LogP contribution >= 0.6 is 34.8 Å². The lowest BCUT2D eigenvalue weighted by atomic mass is 10.2. The summed E-state index contributed by atoms with van der Waals surface area (Å²) >= 11 is 17.4. The maximum Gasteiger partial charge on any atom is 0.291 e. The van der Waals surface area contributed by atoms with Crippen LogP contribution in [0.15, 0.2) is 29.4 Å². The van der Waals surface area contributed by atoms with E-state index >= 15 is 0 Å². The standard InChI is InChI=1S/C13H8Cl3N5O3/c14-8-10(17)9(15)12(16)19-11(8)13(22)20-18-5-6-3-1-2-4-7(6)21(23)24/h1-5H,(H2,17,19)(H,20,22)/b18-5+. The fourth-order valence-electron chi connectivity index (χ4n) is 1.66. The monoisotopic (exact) mass is 387 g/mol. The Morgan fingerprint density at radius 1 is 1.29 bits per heavy atom. The molecule has 0 atom stereocenters. The Balaban J connectivity index is 2.22. The number of para-hydroxylation sites is 1. The van der Waals surface area contributed by atoms with Crippen LogP contribution in [-0.2, 0) is 0 Å². The number of carbonyl (C=O) groups excluding carboxylic acids is 1. The highest BCUT2D eigenvalue weighted by Crippen LogP contribution is 2.34. The number of nitro benzene ring substituents is 1. The third-order valence-corrected chi connectivity index (χ3v) is 3.93. The SMILES string of the molecule is Nc1c(Cl)c(Cl)nc(C(=O)N/N=C/c2ccccc2[N+](=O)[O-])c1Cl. The summed E-state index contributed by atoms with van der Waals surface area (Å²) in [5.74, 6) is -0.805. The maximum atomic E-state index is 12.0. The van der Waals surface area contributed by atoms with Crippen LogP contribution in [0.3, 0.4) is 0 Å². The highest BCUT2D eigenvalue weighted by atomic mass is 35.5. The summed E-state index contributed by atoms with van der Waals surface area (Å²) in [6, 6.07) is 5.88. The molecule has 0 unspecified atom stereocenters. The number of nitrogen functional groups attached to an aromatic ring is 1. The minimum absolute atomic E-state index is 0.0679. The van der Waals surface area contributed by atoms with E-state index in [0.717, 1.165) is 6.21 Å². The number of aromatic nitrogens is 1. The molecule has 0 aliphatic rings. The lowest BCUT2D eigenvalue weighted by molar-refractivity contribution is -0.385. The Morgan fingerprint density at radius 2 is 1.96 bits per heavy atom. The van der Waals surface area contributed by atoms with Gasteiger partial charge >= 0.3 is 0 Å². The van der Waals surface area contributed by atoms with E-state index in [1.54, 1.807) is 6.07 Å². The van der Waals surface area contributed by atoms with Crippen molar-refractivity contribution in [3.8, 4) is 0 Å². The van der Waals surface area contributed by atoms with E-state index in [1.807, 2.05) is 0 Å². The first kappa shape index (κ1) is 17.9. The third kappa shape index (κ3) is 3.73. The molecule has 0 radical (unpaired) electrons. The quantitative estimate of drug-likeness (QED) is 0.360. The van der Waals surface area contributed by atoms with Gasteiger partial charge in [0.05, 0.1) is 27.4 Å². The molecule has 0 spiro atoms. The number of nitrogens with one attached hydrogen (secondary N) is 1.